The number of aryl methyl sites for hydroxylation is 2. The largest absolute Gasteiger partial charge is 0.491 e. The lowest BCUT2D eigenvalue weighted by Gasteiger charge is -2.11. The van der Waals surface area contributed by atoms with Crippen LogP contribution in [0.2, 0.25) is 0 Å². The van der Waals surface area contributed by atoms with Crippen LogP contribution in [0, 0.1) is 6.92 Å². The molecule has 6 nitrogen and oxygen atoms in total. The number of rotatable bonds is 4. The topological polar surface area (TPSA) is 82.2 Å². The van der Waals surface area contributed by atoms with Crippen molar-refractivity contribution in [2.24, 2.45) is 7.05 Å². The first-order valence-corrected chi connectivity index (χ1v) is 6.75. The highest BCUT2D eigenvalue weighted by molar-refractivity contribution is 6.05. The SMILES string of the molecule is Cc1nn(C)c(NC(=O)c2cccc(OC(C)C)c2)c1N. The summed E-state index contributed by atoms with van der Waals surface area (Å²) in [5.74, 6) is 0.901. The van der Waals surface area contributed by atoms with Crippen LogP contribution in [0.25, 0.3) is 0 Å². The predicted molar refractivity (Wildman–Crippen MR) is 82.5 cm³/mol. The molecule has 1 aromatic heterocycles. The summed E-state index contributed by atoms with van der Waals surface area (Å²) in [4.78, 5) is 12.3. The van der Waals surface area contributed by atoms with Crippen molar-refractivity contribution in [3.05, 3.63) is 35.5 Å². The van der Waals surface area contributed by atoms with E-state index in [-0.39, 0.29) is 12.0 Å². The highest BCUT2D eigenvalue weighted by Crippen LogP contribution is 2.22. The zero-order chi connectivity index (χ0) is 15.6. The minimum absolute atomic E-state index is 0.0543. The molecule has 0 atom stereocenters. The number of nitrogens with two attached hydrogens (primary N) is 1. The maximum absolute atomic E-state index is 12.3. The first kappa shape index (κ1) is 14.9. The van der Waals surface area contributed by atoms with Crippen molar-refractivity contribution in [1.82, 2.24) is 9.78 Å². The quantitative estimate of drug-likeness (QED) is 0.904. The first-order valence-electron chi connectivity index (χ1n) is 6.75. The Bertz CT molecular complexity index is 662. The summed E-state index contributed by atoms with van der Waals surface area (Å²) in [5, 5.41) is 6.94. The molecule has 0 saturated carbocycles. The average Bonchev–Trinajstić information content (AvgIpc) is 2.65. The lowest BCUT2D eigenvalue weighted by molar-refractivity contribution is 0.102. The normalized spacial score (nSPS) is 10.7. The Morgan fingerprint density at radius 3 is 2.71 bits per heavy atom. The van der Waals surface area contributed by atoms with Crippen LogP contribution < -0.4 is 15.8 Å². The molecule has 0 aliphatic carbocycles. The van der Waals surface area contributed by atoms with Gasteiger partial charge in [-0.05, 0) is 39.0 Å². The van der Waals surface area contributed by atoms with Crippen LogP contribution >= 0.6 is 0 Å². The van der Waals surface area contributed by atoms with Crippen LogP contribution in [0.15, 0.2) is 24.3 Å². The second-order valence-corrected chi connectivity index (χ2v) is 5.12. The molecule has 0 unspecified atom stereocenters. The van der Waals surface area contributed by atoms with Crippen LogP contribution in [0.5, 0.6) is 5.75 Å². The zero-order valence-electron chi connectivity index (χ0n) is 12.7. The third kappa shape index (κ3) is 3.34. The van der Waals surface area contributed by atoms with Gasteiger partial charge >= 0.3 is 0 Å². The summed E-state index contributed by atoms with van der Waals surface area (Å²) in [7, 11) is 1.73. The van der Waals surface area contributed by atoms with Crippen molar-refractivity contribution >= 4 is 17.4 Å². The molecule has 0 fully saturated rings. The van der Waals surface area contributed by atoms with E-state index in [9.17, 15) is 4.79 Å². The Balaban J connectivity index is 2.20. The number of anilines is 2. The predicted octanol–water partition coefficient (Wildman–Crippen LogP) is 2.35. The Labute approximate surface area is 123 Å². The lowest BCUT2D eigenvalue weighted by atomic mass is 10.2. The fourth-order valence-electron chi connectivity index (χ4n) is 1.99. The number of nitrogens with one attached hydrogen (secondary N) is 1. The number of nitrogen functional groups attached to an aromatic ring is 1. The first-order chi connectivity index (χ1) is 9.88. The van der Waals surface area contributed by atoms with Gasteiger partial charge in [-0.25, -0.2) is 0 Å². The van der Waals surface area contributed by atoms with Gasteiger partial charge in [0.15, 0.2) is 5.82 Å². The Morgan fingerprint density at radius 2 is 2.14 bits per heavy atom. The van der Waals surface area contributed by atoms with Crippen molar-refractivity contribution in [1.29, 1.82) is 0 Å². The summed E-state index contributed by atoms with van der Waals surface area (Å²) < 4.78 is 7.14. The number of aromatic nitrogens is 2. The number of amides is 1. The summed E-state index contributed by atoms with van der Waals surface area (Å²) in [6, 6.07) is 7.03. The second-order valence-electron chi connectivity index (χ2n) is 5.12. The molecule has 21 heavy (non-hydrogen) atoms. The third-order valence-corrected chi connectivity index (χ3v) is 2.97. The van der Waals surface area contributed by atoms with Gasteiger partial charge in [-0.15, -0.1) is 0 Å². The van der Waals surface area contributed by atoms with Gasteiger partial charge in [0.05, 0.1) is 17.5 Å². The molecule has 0 radical (unpaired) electrons. The molecular weight excluding hydrogens is 268 g/mol. The van der Waals surface area contributed by atoms with Gasteiger partial charge < -0.3 is 15.8 Å². The Kier molecular flexibility index (Phi) is 4.16. The second kappa shape index (κ2) is 5.87. The van der Waals surface area contributed by atoms with E-state index in [1.54, 1.807) is 36.9 Å². The molecule has 0 saturated heterocycles. The van der Waals surface area contributed by atoms with Gasteiger partial charge in [0.1, 0.15) is 5.75 Å². The number of hydrogen-bond donors (Lipinski definition) is 2. The Morgan fingerprint density at radius 1 is 1.43 bits per heavy atom. The van der Waals surface area contributed by atoms with Crippen LogP contribution in [0.1, 0.15) is 29.9 Å². The molecule has 2 aromatic rings. The van der Waals surface area contributed by atoms with Gasteiger partial charge in [0.2, 0.25) is 0 Å². The third-order valence-electron chi connectivity index (χ3n) is 2.97. The molecule has 1 amide bonds. The van der Waals surface area contributed by atoms with Crippen LogP contribution in [-0.4, -0.2) is 21.8 Å². The van der Waals surface area contributed by atoms with E-state index in [0.29, 0.717) is 28.5 Å². The van der Waals surface area contributed by atoms with Crippen molar-refractivity contribution in [2.45, 2.75) is 26.9 Å². The Hall–Kier alpha value is -2.50. The van der Waals surface area contributed by atoms with Gasteiger partial charge in [-0.2, -0.15) is 5.10 Å². The standard InChI is InChI=1S/C15H20N4O2/c1-9(2)21-12-7-5-6-11(8-12)15(20)17-14-13(16)10(3)18-19(14)4/h5-9H,16H2,1-4H3,(H,17,20). The van der Waals surface area contributed by atoms with E-state index in [4.69, 9.17) is 10.5 Å². The summed E-state index contributed by atoms with van der Waals surface area (Å²) in [6.07, 6.45) is 0.0543. The highest BCUT2D eigenvalue weighted by atomic mass is 16.5. The van der Waals surface area contributed by atoms with E-state index in [1.165, 1.54) is 0 Å². The molecule has 0 bridgehead atoms. The maximum Gasteiger partial charge on any atom is 0.257 e. The van der Waals surface area contributed by atoms with Gasteiger partial charge in [-0.3, -0.25) is 9.48 Å². The maximum atomic E-state index is 12.3. The number of carbonyl (C=O) groups is 1. The number of hydrogen-bond acceptors (Lipinski definition) is 4. The smallest absolute Gasteiger partial charge is 0.257 e. The van der Waals surface area contributed by atoms with Crippen molar-refractivity contribution in [3.8, 4) is 5.75 Å². The minimum atomic E-state index is -0.251. The van der Waals surface area contributed by atoms with Crippen LogP contribution in [0.4, 0.5) is 11.5 Å². The van der Waals surface area contributed by atoms with E-state index in [2.05, 4.69) is 10.4 Å². The average molecular weight is 288 g/mol. The monoisotopic (exact) mass is 288 g/mol. The molecule has 3 N–H and O–H groups in total. The number of ether oxygens (including phenoxy) is 1. The summed E-state index contributed by atoms with van der Waals surface area (Å²) in [5.41, 5.74) is 7.57. The molecule has 0 aliphatic heterocycles. The van der Waals surface area contributed by atoms with Crippen LogP contribution in [-0.2, 0) is 7.05 Å². The minimum Gasteiger partial charge on any atom is -0.491 e. The van der Waals surface area contributed by atoms with Gasteiger partial charge in [0, 0.05) is 12.6 Å². The lowest BCUT2D eigenvalue weighted by Crippen LogP contribution is -2.16. The van der Waals surface area contributed by atoms with Crippen molar-refractivity contribution in [3.63, 3.8) is 0 Å². The number of nitrogens with zero attached hydrogens (tertiary/aromatic N) is 2. The van der Waals surface area contributed by atoms with Gasteiger partial charge in [-0.1, -0.05) is 6.07 Å². The van der Waals surface area contributed by atoms with Gasteiger partial charge in [0.25, 0.3) is 5.91 Å². The number of benzene rings is 1. The van der Waals surface area contributed by atoms with E-state index >= 15 is 0 Å². The van der Waals surface area contributed by atoms with Crippen LogP contribution in [0.3, 0.4) is 0 Å². The molecular formula is C15H20N4O2. The van der Waals surface area contributed by atoms with E-state index in [1.807, 2.05) is 19.9 Å². The zero-order valence-corrected chi connectivity index (χ0v) is 12.7. The molecule has 0 aliphatic rings. The molecule has 2 rings (SSSR count). The molecule has 1 heterocycles. The van der Waals surface area contributed by atoms with Crippen molar-refractivity contribution in [2.75, 3.05) is 11.1 Å². The number of carbonyl (C=O) groups excluding carboxylic acids is 1. The summed E-state index contributed by atoms with van der Waals surface area (Å²) >= 11 is 0. The van der Waals surface area contributed by atoms with Crippen molar-refractivity contribution < 1.29 is 9.53 Å². The van der Waals surface area contributed by atoms with E-state index in [0.717, 1.165) is 0 Å². The molecule has 1 aromatic carbocycles. The molecule has 6 heteroatoms. The fourth-order valence-corrected chi connectivity index (χ4v) is 1.99. The highest BCUT2D eigenvalue weighted by Gasteiger charge is 2.14. The molecule has 0 spiro atoms. The van der Waals surface area contributed by atoms with E-state index < -0.39 is 0 Å². The summed E-state index contributed by atoms with van der Waals surface area (Å²) in [6.45, 7) is 5.67. The fraction of sp³-hybridized carbons (Fsp3) is 0.333. The molecule has 112 valence electrons.